The summed E-state index contributed by atoms with van der Waals surface area (Å²) in [7, 11) is 0. The van der Waals surface area contributed by atoms with Crippen LogP contribution in [0.2, 0.25) is 5.02 Å². The summed E-state index contributed by atoms with van der Waals surface area (Å²) in [6, 6.07) is 1.73. The second kappa shape index (κ2) is 4.30. The zero-order chi connectivity index (χ0) is 13.6. The Morgan fingerprint density at radius 2 is 1.95 bits per heavy atom. The number of ether oxygens (including phenoxy) is 2. The number of carboxylic acid groups (broad SMARTS) is 1. The normalized spacial score (nSPS) is 19.7. The number of aliphatic carboxylic acids is 1. The van der Waals surface area contributed by atoms with Crippen molar-refractivity contribution in [2.24, 2.45) is 0 Å². The number of fused-ring (bicyclic) bond motifs is 1. The largest absolute Gasteiger partial charge is 0.486 e. The number of halogens is 1. The van der Waals surface area contributed by atoms with Crippen LogP contribution in [0.15, 0.2) is 6.07 Å². The molecular formula is C14H15ClO4. The van der Waals surface area contributed by atoms with Crippen LogP contribution in [-0.4, -0.2) is 24.3 Å². The van der Waals surface area contributed by atoms with E-state index in [9.17, 15) is 9.90 Å². The molecule has 1 N–H and O–H groups in total. The van der Waals surface area contributed by atoms with Crippen molar-refractivity contribution < 1.29 is 19.4 Å². The van der Waals surface area contributed by atoms with Crippen LogP contribution >= 0.6 is 11.6 Å². The zero-order valence-corrected chi connectivity index (χ0v) is 11.4. The van der Waals surface area contributed by atoms with Gasteiger partial charge in [0.15, 0.2) is 11.5 Å². The number of rotatable bonds is 2. The van der Waals surface area contributed by atoms with E-state index < -0.39 is 11.4 Å². The molecule has 1 aliphatic heterocycles. The fourth-order valence-corrected chi connectivity index (χ4v) is 3.17. The van der Waals surface area contributed by atoms with Crippen LogP contribution in [0.25, 0.3) is 0 Å². The van der Waals surface area contributed by atoms with E-state index in [4.69, 9.17) is 21.1 Å². The lowest BCUT2D eigenvalue weighted by Crippen LogP contribution is -2.43. The Morgan fingerprint density at radius 1 is 1.32 bits per heavy atom. The number of carboxylic acids is 1. The molecule has 102 valence electrons. The van der Waals surface area contributed by atoms with E-state index in [0.717, 1.165) is 17.5 Å². The second-order valence-electron chi connectivity index (χ2n) is 5.13. The van der Waals surface area contributed by atoms with Crippen molar-refractivity contribution in [2.45, 2.75) is 31.6 Å². The van der Waals surface area contributed by atoms with Gasteiger partial charge in [0.1, 0.15) is 13.2 Å². The lowest BCUT2D eigenvalue weighted by atomic mass is 9.63. The van der Waals surface area contributed by atoms with E-state index >= 15 is 0 Å². The summed E-state index contributed by atoms with van der Waals surface area (Å²) in [5.41, 5.74) is 0.797. The first kappa shape index (κ1) is 12.6. The Bertz CT molecular complexity index is 549. The van der Waals surface area contributed by atoms with Crippen molar-refractivity contribution >= 4 is 17.6 Å². The maximum atomic E-state index is 11.6. The molecule has 0 atom stereocenters. The molecule has 1 aromatic rings. The lowest BCUT2D eigenvalue weighted by molar-refractivity contribution is -0.147. The van der Waals surface area contributed by atoms with Gasteiger partial charge in [0.2, 0.25) is 0 Å². The first-order valence-corrected chi connectivity index (χ1v) is 6.76. The van der Waals surface area contributed by atoms with Crippen molar-refractivity contribution in [1.29, 1.82) is 0 Å². The number of hydrogen-bond acceptors (Lipinski definition) is 3. The lowest BCUT2D eigenvalue weighted by Gasteiger charge is -2.40. The van der Waals surface area contributed by atoms with Crippen LogP contribution in [-0.2, 0) is 10.2 Å². The summed E-state index contributed by atoms with van der Waals surface area (Å²) >= 11 is 6.21. The van der Waals surface area contributed by atoms with Gasteiger partial charge in [-0.3, -0.25) is 4.79 Å². The van der Waals surface area contributed by atoms with E-state index in [1.807, 2.05) is 6.92 Å². The van der Waals surface area contributed by atoms with Crippen LogP contribution in [0.3, 0.4) is 0 Å². The molecule has 1 fully saturated rings. The highest BCUT2D eigenvalue weighted by Crippen LogP contribution is 2.51. The Labute approximate surface area is 116 Å². The third-order valence-corrected chi connectivity index (χ3v) is 4.43. The molecule has 1 saturated carbocycles. The minimum absolute atomic E-state index is 0.433. The van der Waals surface area contributed by atoms with Crippen molar-refractivity contribution in [1.82, 2.24) is 0 Å². The van der Waals surface area contributed by atoms with E-state index in [2.05, 4.69) is 0 Å². The topological polar surface area (TPSA) is 55.8 Å². The molecule has 3 rings (SSSR count). The zero-order valence-electron chi connectivity index (χ0n) is 10.7. The van der Waals surface area contributed by atoms with Crippen LogP contribution in [0, 0.1) is 6.92 Å². The fourth-order valence-electron chi connectivity index (χ4n) is 2.92. The molecule has 0 spiro atoms. The quantitative estimate of drug-likeness (QED) is 0.906. The average Bonchev–Trinajstić information content (AvgIpc) is 2.33. The Morgan fingerprint density at radius 3 is 2.47 bits per heavy atom. The van der Waals surface area contributed by atoms with Crippen LogP contribution in [0.4, 0.5) is 0 Å². The van der Waals surface area contributed by atoms with Gasteiger partial charge in [-0.25, -0.2) is 0 Å². The van der Waals surface area contributed by atoms with Crippen molar-refractivity contribution in [2.75, 3.05) is 13.2 Å². The van der Waals surface area contributed by atoms with Gasteiger partial charge >= 0.3 is 5.97 Å². The predicted molar refractivity (Wildman–Crippen MR) is 70.3 cm³/mol. The SMILES string of the molecule is Cc1c(C2(C(=O)O)CCC2)cc(Cl)c2c1OCCO2. The molecule has 0 unspecified atom stereocenters. The summed E-state index contributed by atoms with van der Waals surface area (Å²) < 4.78 is 11.1. The highest BCUT2D eigenvalue weighted by Gasteiger charge is 2.47. The number of hydrogen-bond donors (Lipinski definition) is 1. The Hall–Kier alpha value is -1.42. The summed E-state index contributed by atoms with van der Waals surface area (Å²) in [6.45, 7) is 2.81. The van der Waals surface area contributed by atoms with Crippen molar-refractivity contribution in [3.63, 3.8) is 0 Å². The molecule has 1 aromatic carbocycles. The summed E-state index contributed by atoms with van der Waals surface area (Å²) in [6.07, 6.45) is 2.23. The number of benzene rings is 1. The third kappa shape index (κ3) is 1.70. The fraction of sp³-hybridized carbons (Fsp3) is 0.500. The van der Waals surface area contributed by atoms with Crippen molar-refractivity contribution in [3.8, 4) is 11.5 Å². The minimum Gasteiger partial charge on any atom is -0.486 e. The van der Waals surface area contributed by atoms with E-state index in [1.54, 1.807) is 6.07 Å². The predicted octanol–water partition coefficient (Wildman–Crippen LogP) is 2.93. The van der Waals surface area contributed by atoms with E-state index in [-0.39, 0.29) is 0 Å². The molecule has 0 radical (unpaired) electrons. The van der Waals surface area contributed by atoms with Gasteiger partial charge in [-0.1, -0.05) is 18.0 Å². The standard InChI is InChI=1S/C14H15ClO4/c1-8-9(14(13(16)17)3-2-4-14)7-10(15)12-11(8)18-5-6-19-12/h7H,2-6H2,1H3,(H,16,17). The van der Waals surface area contributed by atoms with E-state index in [1.165, 1.54) is 0 Å². The molecular weight excluding hydrogens is 268 g/mol. The molecule has 1 heterocycles. The molecule has 19 heavy (non-hydrogen) atoms. The molecule has 0 amide bonds. The van der Waals surface area contributed by atoms with Gasteiger partial charge in [0.05, 0.1) is 10.4 Å². The summed E-state index contributed by atoms with van der Waals surface area (Å²) in [5, 5.41) is 9.97. The highest BCUT2D eigenvalue weighted by atomic mass is 35.5. The first-order valence-electron chi connectivity index (χ1n) is 6.39. The molecule has 0 aromatic heterocycles. The van der Waals surface area contributed by atoms with Crippen molar-refractivity contribution in [3.05, 3.63) is 22.2 Å². The average molecular weight is 283 g/mol. The highest BCUT2D eigenvalue weighted by molar-refractivity contribution is 6.32. The molecule has 0 bridgehead atoms. The summed E-state index contributed by atoms with van der Waals surface area (Å²) in [4.78, 5) is 11.6. The van der Waals surface area contributed by atoms with Gasteiger partial charge in [-0.15, -0.1) is 0 Å². The number of carbonyl (C=O) groups is 1. The molecule has 0 saturated heterocycles. The Kier molecular flexibility index (Phi) is 2.86. The second-order valence-corrected chi connectivity index (χ2v) is 5.53. The van der Waals surface area contributed by atoms with Gasteiger partial charge in [0.25, 0.3) is 0 Å². The van der Waals surface area contributed by atoms with Gasteiger partial charge in [-0.2, -0.15) is 0 Å². The molecule has 5 heteroatoms. The van der Waals surface area contributed by atoms with Gasteiger partial charge < -0.3 is 14.6 Å². The molecule has 4 nitrogen and oxygen atoms in total. The Balaban J connectivity index is 2.17. The van der Waals surface area contributed by atoms with Crippen LogP contribution < -0.4 is 9.47 Å². The molecule has 2 aliphatic rings. The maximum absolute atomic E-state index is 11.6. The minimum atomic E-state index is -0.802. The first-order chi connectivity index (χ1) is 9.06. The van der Waals surface area contributed by atoms with Gasteiger partial charge in [0, 0.05) is 0 Å². The molecule has 1 aliphatic carbocycles. The van der Waals surface area contributed by atoms with E-state index in [0.29, 0.717) is 42.6 Å². The van der Waals surface area contributed by atoms with Gasteiger partial charge in [-0.05, 0) is 37.0 Å². The van der Waals surface area contributed by atoms with Crippen LogP contribution in [0.5, 0.6) is 11.5 Å². The third-order valence-electron chi connectivity index (χ3n) is 4.15. The smallest absolute Gasteiger partial charge is 0.314 e. The maximum Gasteiger partial charge on any atom is 0.314 e. The summed E-state index contributed by atoms with van der Waals surface area (Å²) in [5.74, 6) is 0.352. The van der Waals surface area contributed by atoms with Crippen LogP contribution in [0.1, 0.15) is 30.4 Å². The monoisotopic (exact) mass is 282 g/mol.